The molecule has 0 saturated heterocycles. The van der Waals surface area contributed by atoms with Crippen LogP contribution in [0, 0.1) is 0 Å². The van der Waals surface area contributed by atoms with Crippen LogP contribution in [-0.4, -0.2) is 0 Å². The van der Waals surface area contributed by atoms with Crippen molar-refractivity contribution in [2.24, 2.45) is 0 Å². The maximum atomic E-state index is 6.84. The maximum absolute atomic E-state index is 6.84. The highest BCUT2D eigenvalue weighted by Gasteiger charge is 2.23. The summed E-state index contributed by atoms with van der Waals surface area (Å²) in [7, 11) is 0. The minimum Gasteiger partial charge on any atom is -0.455 e. The van der Waals surface area contributed by atoms with E-state index in [0.717, 1.165) is 83.2 Å². The fraction of sp³-hybridized carbons (Fsp3) is 0. The van der Waals surface area contributed by atoms with Gasteiger partial charge in [-0.2, -0.15) is 0 Å². The minimum absolute atomic E-state index is 0.858. The van der Waals surface area contributed by atoms with E-state index in [1.807, 2.05) is 18.2 Å². The molecule has 0 spiro atoms. The molecule has 3 nitrogen and oxygen atoms in total. The van der Waals surface area contributed by atoms with Gasteiger partial charge in [0.05, 0.1) is 11.1 Å². The number of hydrogen-bond donors (Lipinski definition) is 0. The molecule has 0 fully saturated rings. The highest BCUT2D eigenvalue weighted by Crippen LogP contribution is 2.47. The monoisotopic (exact) mass is 753 g/mol. The largest absolute Gasteiger partial charge is 0.455 e. The van der Waals surface area contributed by atoms with Gasteiger partial charge < -0.3 is 13.7 Å². The lowest BCUT2D eigenvalue weighted by atomic mass is 9.97. The zero-order valence-electron chi connectivity index (χ0n) is 32.0. The molecule has 12 aromatic rings. The topological polar surface area (TPSA) is 29.5 Å². The standard InChI is InChI=1S/C56H35NO2/c1-2-11-36(12-3-1)37-21-23-39(24-22-37)47-33-34-51(54-50-16-7-9-20-53(50)59-56(47)54)57(43-31-32-45-41(35-43)26-25-38-13-4-5-14-44(38)45)42-29-27-40(28-30-42)46-17-10-18-49-48-15-6-8-19-52(48)58-55(46)49/h1-35H. The molecule has 0 aliphatic rings. The highest BCUT2D eigenvalue weighted by molar-refractivity contribution is 6.18. The van der Waals surface area contributed by atoms with Crippen LogP contribution in [0.25, 0.3) is 98.8 Å². The van der Waals surface area contributed by atoms with Crippen LogP contribution < -0.4 is 4.90 Å². The van der Waals surface area contributed by atoms with Crippen molar-refractivity contribution in [3.63, 3.8) is 0 Å². The molecule has 0 atom stereocenters. The second kappa shape index (κ2) is 13.4. The first-order chi connectivity index (χ1) is 29.2. The summed E-state index contributed by atoms with van der Waals surface area (Å²) in [6.45, 7) is 0. The fourth-order valence-electron chi connectivity index (χ4n) is 9.03. The van der Waals surface area contributed by atoms with E-state index in [1.165, 1.54) is 32.7 Å². The lowest BCUT2D eigenvalue weighted by Crippen LogP contribution is -2.10. The summed E-state index contributed by atoms with van der Waals surface area (Å²) < 4.78 is 13.3. The van der Waals surface area contributed by atoms with Crippen LogP contribution >= 0.6 is 0 Å². The summed E-state index contributed by atoms with van der Waals surface area (Å²) in [4.78, 5) is 2.38. The van der Waals surface area contributed by atoms with Gasteiger partial charge in [-0.25, -0.2) is 0 Å². The number of anilines is 3. The van der Waals surface area contributed by atoms with Crippen LogP contribution in [-0.2, 0) is 0 Å². The van der Waals surface area contributed by atoms with E-state index in [-0.39, 0.29) is 0 Å². The van der Waals surface area contributed by atoms with Gasteiger partial charge >= 0.3 is 0 Å². The number of furan rings is 2. The average molecular weight is 754 g/mol. The molecule has 10 aromatic carbocycles. The molecule has 2 heterocycles. The molecule has 0 unspecified atom stereocenters. The molecule has 0 bridgehead atoms. The molecule has 0 saturated carbocycles. The molecular weight excluding hydrogens is 719 g/mol. The lowest BCUT2D eigenvalue weighted by molar-refractivity contribution is 0.669. The van der Waals surface area contributed by atoms with Crippen molar-refractivity contribution < 1.29 is 8.83 Å². The first-order valence-electron chi connectivity index (χ1n) is 20.1. The molecule has 0 aliphatic heterocycles. The van der Waals surface area contributed by atoms with Crippen molar-refractivity contribution in [2.75, 3.05) is 4.90 Å². The van der Waals surface area contributed by atoms with Gasteiger partial charge in [-0.1, -0.05) is 164 Å². The van der Waals surface area contributed by atoms with Gasteiger partial charge in [0.2, 0.25) is 0 Å². The quantitative estimate of drug-likeness (QED) is 0.158. The summed E-state index contributed by atoms with van der Waals surface area (Å²) in [5.74, 6) is 0. The van der Waals surface area contributed by atoms with E-state index in [9.17, 15) is 0 Å². The Morgan fingerprint density at radius 2 is 0.864 bits per heavy atom. The zero-order valence-corrected chi connectivity index (χ0v) is 32.0. The molecule has 0 aliphatic carbocycles. The van der Waals surface area contributed by atoms with Gasteiger partial charge in [0.25, 0.3) is 0 Å². The van der Waals surface area contributed by atoms with Gasteiger partial charge in [0.1, 0.15) is 22.3 Å². The predicted octanol–water partition coefficient (Wildman–Crippen LogP) is 16.3. The molecule has 3 heteroatoms. The minimum atomic E-state index is 0.858. The summed E-state index contributed by atoms with van der Waals surface area (Å²) >= 11 is 0. The van der Waals surface area contributed by atoms with Gasteiger partial charge in [0, 0.05) is 38.7 Å². The van der Waals surface area contributed by atoms with Crippen LogP contribution in [0.4, 0.5) is 17.1 Å². The third-order valence-corrected chi connectivity index (χ3v) is 11.9. The predicted molar refractivity (Wildman–Crippen MR) is 247 cm³/mol. The number of benzene rings is 10. The number of nitrogens with zero attached hydrogens (tertiary/aromatic N) is 1. The third-order valence-electron chi connectivity index (χ3n) is 11.9. The first kappa shape index (κ1) is 33.3. The maximum Gasteiger partial charge on any atom is 0.145 e. The summed E-state index contributed by atoms with van der Waals surface area (Å²) in [5, 5.41) is 9.29. The van der Waals surface area contributed by atoms with Gasteiger partial charge in [-0.3, -0.25) is 0 Å². The molecule has 0 N–H and O–H groups in total. The van der Waals surface area contributed by atoms with Crippen molar-refractivity contribution >= 4 is 82.5 Å². The highest BCUT2D eigenvalue weighted by atomic mass is 16.3. The lowest BCUT2D eigenvalue weighted by Gasteiger charge is -2.27. The van der Waals surface area contributed by atoms with E-state index >= 15 is 0 Å². The van der Waals surface area contributed by atoms with Crippen LogP contribution in [0.1, 0.15) is 0 Å². The summed E-state index contributed by atoms with van der Waals surface area (Å²) in [6, 6.07) is 75.7. The van der Waals surface area contributed by atoms with Crippen LogP contribution in [0.5, 0.6) is 0 Å². The molecule has 2 aromatic heterocycles. The SMILES string of the molecule is c1ccc(-c2ccc(-c3ccc(N(c4ccc(-c5cccc6c5oc5ccccc56)cc4)c4ccc5c(ccc6ccccc65)c4)c4c3oc3ccccc34)cc2)cc1. The van der Waals surface area contributed by atoms with E-state index in [4.69, 9.17) is 8.83 Å². The number of hydrogen-bond acceptors (Lipinski definition) is 3. The molecule has 59 heavy (non-hydrogen) atoms. The zero-order chi connectivity index (χ0) is 38.9. The van der Waals surface area contributed by atoms with Crippen LogP contribution in [0.2, 0.25) is 0 Å². The Labute approximate surface area is 340 Å². The van der Waals surface area contributed by atoms with Crippen LogP contribution in [0.15, 0.2) is 221 Å². The fourth-order valence-corrected chi connectivity index (χ4v) is 9.03. The summed E-state index contributed by atoms with van der Waals surface area (Å²) in [5.41, 5.74) is 13.4. The van der Waals surface area contributed by atoms with E-state index in [2.05, 4.69) is 199 Å². The first-order valence-corrected chi connectivity index (χ1v) is 20.1. The molecule has 276 valence electrons. The van der Waals surface area contributed by atoms with Crippen molar-refractivity contribution in [3.8, 4) is 33.4 Å². The summed E-state index contributed by atoms with van der Waals surface area (Å²) in [6.07, 6.45) is 0. The Balaban J connectivity index is 1.05. The third kappa shape index (κ3) is 5.44. The van der Waals surface area contributed by atoms with Crippen molar-refractivity contribution in [2.45, 2.75) is 0 Å². The van der Waals surface area contributed by atoms with E-state index in [1.54, 1.807) is 0 Å². The Hall–Kier alpha value is -7.88. The molecular formula is C56H35NO2. The number of rotatable bonds is 6. The smallest absolute Gasteiger partial charge is 0.145 e. The van der Waals surface area contributed by atoms with Gasteiger partial charge in [-0.05, 0) is 92.3 Å². The van der Waals surface area contributed by atoms with Gasteiger partial charge in [0.15, 0.2) is 0 Å². The van der Waals surface area contributed by atoms with Crippen molar-refractivity contribution in [1.29, 1.82) is 0 Å². The van der Waals surface area contributed by atoms with Gasteiger partial charge in [-0.15, -0.1) is 0 Å². The molecule has 0 radical (unpaired) electrons. The average Bonchev–Trinajstić information content (AvgIpc) is 3.89. The molecule has 0 amide bonds. The Bertz CT molecular complexity index is 3540. The van der Waals surface area contributed by atoms with E-state index in [0.29, 0.717) is 0 Å². The number of fused-ring (bicyclic) bond motifs is 9. The number of para-hydroxylation sites is 3. The molecule has 12 rings (SSSR count). The van der Waals surface area contributed by atoms with Crippen molar-refractivity contribution in [3.05, 3.63) is 212 Å². The Morgan fingerprint density at radius 3 is 1.68 bits per heavy atom. The van der Waals surface area contributed by atoms with E-state index < -0.39 is 0 Å². The Morgan fingerprint density at radius 1 is 0.305 bits per heavy atom. The normalized spacial score (nSPS) is 11.7. The van der Waals surface area contributed by atoms with Crippen molar-refractivity contribution in [1.82, 2.24) is 0 Å². The second-order valence-electron chi connectivity index (χ2n) is 15.2. The Kier molecular flexibility index (Phi) is 7.54. The second-order valence-corrected chi connectivity index (χ2v) is 15.2. The van der Waals surface area contributed by atoms with Crippen LogP contribution in [0.3, 0.4) is 0 Å².